The Morgan fingerprint density at radius 3 is 2.44 bits per heavy atom. The summed E-state index contributed by atoms with van der Waals surface area (Å²) >= 11 is 5.90. The molecule has 0 bridgehead atoms. The molecule has 5 nitrogen and oxygen atoms in total. The molecular weight excluding hydrogens is 345 g/mol. The SMILES string of the molecule is CNC(=O)c1ccc(C[NH+](C)CC(=O)Nc2ccc(F)cc2Cl)cc1. The van der Waals surface area contributed by atoms with Crippen LogP contribution in [0.5, 0.6) is 0 Å². The van der Waals surface area contributed by atoms with Crippen LogP contribution in [0.1, 0.15) is 15.9 Å². The summed E-state index contributed by atoms with van der Waals surface area (Å²) in [6.45, 7) is 0.851. The van der Waals surface area contributed by atoms with E-state index in [1.54, 1.807) is 19.2 Å². The first-order chi connectivity index (χ1) is 11.9. The van der Waals surface area contributed by atoms with E-state index in [0.717, 1.165) is 16.5 Å². The number of hydrogen-bond acceptors (Lipinski definition) is 2. The van der Waals surface area contributed by atoms with Crippen molar-refractivity contribution in [3.05, 3.63) is 64.4 Å². The Morgan fingerprint density at radius 1 is 1.16 bits per heavy atom. The number of carbonyl (C=O) groups excluding carboxylic acids is 2. The highest BCUT2D eigenvalue weighted by Crippen LogP contribution is 2.21. The molecule has 132 valence electrons. The summed E-state index contributed by atoms with van der Waals surface area (Å²) in [5.74, 6) is -0.804. The van der Waals surface area contributed by atoms with Gasteiger partial charge in [0.15, 0.2) is 6.54 Å². The van der Waals surface area contributed by atoms with E-state index in [1.807, 2.05) is 19.2 Å². The molecule has 0 fully saturated rings. The van der Waals surface area contributed by atoms with Crippen LogP contribution in [-0.2, 0) is 11.3 Å². The third-order valence-corrected chi connectivity index (χ3v) is 3.93. The van der Waals surface area contributed by atoms with Crippen LogP contribution < -0.4 is 15.5 Å². The van der Waals surface area contributed by atoms with Crippen molar-refractivity contribution in [2.75, 3.05) is 26.0 Å². The largest absolute Gasteiger partial charge is 0.355 e. The fourth-order valence-corrected chi connectivity index (χ4v) is 2.60. The second-order valence-electron chi connectivity index (χ2n) is 5.76. The number of benzene rings is 2. The molecule has 0 spiro atoms. The number of anilines is 1. The number of rotatable bonds is 6. The van der Waals surface area contributed by atoms with E-state index in [1.165, 1.54) is 12.1 Å². The quantitative estimate of drug-likeness (QED) is 0.727. The smallest absolute Gasteiger partial charge is 0.279 e. The number of nitrogens with one attached hydrogen (secondary N) is 3. The molecule has 2 rings (SSSR count). The minimum absolute atomic E-state index is 0.136. The van der Waals surface area contributed by atoms with Crippen LogP contribution in [0, 0.1) is 5.82 Å². The lowest BCUT2D eigenvalue weighted by Crippen LogP contribution is -3.08. The maximum Gasteiger partial charge on any atom is 0.279 e. The highest BCUT2D eigenvalue weighted by Gasteiger charge is 2.13. The summed E-state index contributed by atoms with van der Waals surface area (Å²) < 4.78 is 13.0. The zero-order valence-electron chi connectivity index (χ0n) is 14.0. The Hall–Kier alpha value is -2.44. The van der Waals surface area contributed by atoms with Gasteiger partial charge in [0.1, 0.15) is 12.4 Å². The highest BCUT2D eigenvalue weighted by molar-refractivity contribution is 6.33. The minimum atomic E-state index is -0.453. The second kappa shape index (κ2) is 8.60. The molecule has 0 aliphatic heterocycles. The van der Waals surface area contributed by atoms with Crippen LogP contribution in [0.2, 0.25) is 5.02 Å². The average Bonchev–Trinajstić information content (AvgIpc) is 2.57. The number of carbonyl (C=O) groups is 2. The number of likely N-dealkylation sites (N-methyl/N-ethyl adjacent to an activating group) is 1. The standard InChI is InChI=1S/C18H19ClFN3O2/c1-21-18(25)13-5-3-12(4-6-13)10-23(2)11-17(24)22-16-8-7-14(20)9-15(16)19/h3-9H,10-11H2,1-2H3,(H,21,25)(H,22,24)/p+1. The normalized spacial score (nSPS) is 11.7. The Kier molecular flexibility index (Phi) is 6.50. The lowest BCUT2D eigenvalue weighted by atomic mass is 10.1. The van der Waals surface area contributed by atoms with Crippen molar-refractivity contribution >= 4 is 29.1 Å². The number of quaternary nitrogens is 1. The predicted molar refractivity (Wildman–Crippen MR) is 95.3 cm³/mol. The maximum atomic E-state index is 13.0. The summed E-state index contributed by atoms with van der Waals surface area (Å²) in [6.07, 6.45) is 0. The van der Waals surface area contributed by atoms with Gasteiger partial charge in [0.05, 0.1) is 17.8 Å². The van der Waals surface area contributed by atoms with Crippen LogP contribution >= 0.6 is 11.6 Å². The predicted octanol–water partition coefficient (Wildman–Crippen LogP) is 1.49. The Morgan fingerprint density at radius 2 is 1.84 bits per heavy atom. The highest BCUT2D eigenvalue weighted by atomic mass is 35.5. The van der Waals surface area contributed by atoms with Crippen LogP contribution in [0.25, 0.3) is 0 Å². The van der Waals surface area contributed by atoms with Crippen molar-refractivity contribution in [3.63, 3.8) is 0 Å². The van der Waals surface area contributed by atoms with Gasteiger partial charge in [0, 0.05) is 18.2 Å². The first-order valence-corrected chi connectivity index (χ1v) is 8.14. The monoisotopic (exact) mass is 364 g/mol. The fraction of sp³-hybridized carbons (Fsp3) is 0.222. The third kappa shape index (κ3) is 5.55. The molecule has 2 aromatic carbocycles. The molecule has 2 aromatic rings. The molecule has 0 aliphatic rings. The minimum Gasteiger partial charge on any atom is -0.355 e. The van der Waals surface area contributed by atoms with Crippen LogP contribution in [-0.4, -0.2) is 32.5 Å². The first kappa shape index (κ1) is 18.9. The van der Waals surface area contributed by atoms with Gasteiger partial charge in [-0.15, -0.1) is 0 Å². The molecule has 3 N–H and O–H groups in total. The third-order valence-electron chi connectivity index (χ3n) is 3.62. The maximum absolute atomic E-state index is 13.0. The molecule has 25 heavy (non-hydrogen) atoms. The number of amides is 2. The molecule has 0 saturated heterocycles. The Balaban J connectivity index is 1.89. The van der Waals surface area contributed by atoms with Gasteiger partial charge in [-0.2, -0.15) is 0 Å². The van der Waals surface area contributed by atoms with Gasteiger partial charge in [0.2, 0.25) is 0 Å². The molecular formula is C18H20ClFN3O2+. The van der Waals surface area contributed by atoms with Gasteiger partial charge in [-0.25, -0.2) is 4.39 Å². The van der Waals surface area contributed by atoms with Gasteiger partial charge in [-0.3, -0.25) is 9.59 Å². The van der Waals surface area contributed by atoms with Crippen molar-refractivity contribution in [3.8, 4) is 0 Å². The fourth-order valence-electron chi connectivity index (χ4n) is 2.39. The van der Waals surface area contributed by atoms with Crippen molar-refractivity contribution < 1.29 is 18.9 Å². The van der Waals surface area contributed by atoms with Crippen LogP contribution in [0.4, 0.5) is 10.1 Å². The summed E-state index contributed by atoms with van der Waals surface area (Å²) in [7, 11) is 3.47. The van der Waals surface area contributed by atoms with E-state index in [4.69, 9.17) is 11.6 Å². The Bertz CT molecular complexity index is 765. The summed E-state index contributed by atoms with van der Waals surface area (Å²) in [4.78, 5) is 24.6. The molecule has 0 heterocycles. The topological polar surface area (TPSA) is 62.6 Å². The van der Waals surface area contributed by atoms with Crippen LogP contribution in [0.3, 0.4) is 0 Å². The van der Waals surface area contributed by atoms with E-state index in [9.17, 15) is 14.0 Å². The van der Waals surface area contributed by atoms with Gasteiger partial charge in [-0.05, 0) is 30.3 Å². The van der Waals surface area contributed by atoms with Gasteiger partial charge >= 0.3 is 0 Å². The summed E-state index contributed by atoms with van der Waals surface area (Å²) in [5.41, 5.74) is 1.99. The summed E-state index contributed by atoms with van der Waals surface area (Å²) in [6, 6.07) is 11.1. The van der Waals surface area contributed by atoms with Gasteiger partial charge in [-0.1, -0.05) is 23.7 Å². The van der Waals surface area contributed by atoms with Crippen molar-refractivity contribution in [2.24, 2.45) is 0 Å². The molecule has 0 aromatic heterocycles. The van der Waals surface area contributed by atoms with E-state index in [0.29, 0.717) is 17.8 Å². The van der Waals surface area contributed by atoms with E-state index >= 15 is 0 Å². The van der Waals surface area contributed by atoms with Crippen LogP contribution in [0.15, 0.2) is 42.5 Å². The average molecular weight is 365 g/mol. The van der Waals surface area contributed by atoms with E-state index in [-0.39, 0.29) is 23.4 Å². The molecule has 2 amide bonds. The zero-order chi connectivity index (χ0) is 18.4. The lowest BCUT2D eigenvalue weighted by molar-refractivity contribution is -0.885. The van der Waals surface area contributed by atoms with E-state index in [2.05, 4.69) is 10.6 Å². The molecule has 0 radical (unpaired) electrons. The van der Waals surface area contributed by atoms with Crippen molar-refractivity contribution in [1.82, 2.24) is 5.32 Å². The Labute approximate surface area is 150 Å². The lowest BCUT2D eigenvalue weighted by Gasteiger charge is -2.14. The summed E-state index contributed by atoms with van der Waals surface area (Å²) in [5, 5.41) is 5.40. The first-order valence-electron chi connectivity index (χ1n) is 7.76. The molecule has 7 heteroatoms. The van der Waals surface area contributed by atoms with Crippen molar-refractivity contribution in [1.29, 1.82) is 0 Å². The number of halogens is 2. The van der Waals surface area contributed by atoms with E-state index < -0.39 is 5.82 Å². The van der Waals surface area contributed by atoms with Gasteiger partial charge in [0.25, 0.3) is 11.8 Å². The molecule has 1 unspecified atom stereocenters. The molecule has 1 atom stereocenters. The molecule has 0 aliphatic carbocycles. The molecule has 0 saturated carbocycles. The second-order valence-corrected chi connectivity index (χ2v) is 6.17. The van der Waals surface area contributed by atoms with Gasteiger partial charge < -0.3 is 15.5 Å². The zero-order valence-corrected chi connectivity index (χ0v) is 14.8. The number of hydrogen-bond donors (Lipinski definition) is 3. The van der Waals surface area contributed by atoms with Crippen molar-refractivity contribution in [2.45, 2.75) is 6.54 Å².